The number of benzene rings is 1. The lowest BCUT2D eigenvalue weighted by atomic mass is 10.1. The van der Waals surface area contributed by atoms with Gasteiger partial charge < -0.3 is 4.90 Å². The molecular weight excluding hydrogens is 278 g/mol. The molecule has 4 heteroatoms. The summed E-state index contributed by atoms with van der Waals surface area (Å²) in [7, 11) is 0. The first kappa shape index (κ1) is 12.5. The Balaban J connectivity index is 1.65. The van der Waals surface area contributed by atoms with E-state index in [1.807, 2.05) is 41.9 Å². The van der Waals surface area contributed by atoms with Crippen molar-refractivity contribution in [2.75, 3.05) is 11.4 Å². The molecule has 0 bridgehead atoms. The van der Waals surface area contributed by atoms with Crippen molar-refractivity contribution in [3.63, 3.8) is 0 Å². The second kappa shape index (κ2) is 5.30. The number of nitrogens with zero attached hydrogens (tertiary/aromatic N) is 3. The fourth-order valence-corrected chi connectivity index (χ4v) is 3.59. The Bertz CT molecular complexity index is 751. The zero-order valence-electron chi connectivity index (χ0n) is 11.6. The van der Waals surface area contributed by atoms with E-state index < -0.39 is 0 Å². The second-order valence-corrected chi connectivity index (χ2v) is 6.17. The molecule has 104 valence electrons. The van der Waals surface area contributed by atoms with Crippen molar-refractivity contribution in [1.29, 1.82) is 0 Å². The van der Waals surface area contributed by atoms with Crippen LogP contribution in [0.15, 0.2) is 54.2 Å². The molecule has 3 heterocycles. The van der Waals surface area contributed by atoms with Crippen LogP contribution in [0, 0.1) is 0 Å². The van der Waals surface area contributed by atoms with Gasteiger partial charge in [-0.1, -0.05) is 30.3 Å². The summed E-state index contributed by atoms with van der Waals surface area (Å²) in [6.07, 6.45) is 4.80. The summed E-state index contributed by atoms with van der Waals surface area (Å²) in [6.45, 7) is 1.95. The van der Waals surface area contributed by atoms with E-state index in [1.54, 1.807) is 0 Å². The minimum Gasteiger partial charge on any atom is -0.351 e. The Morgan fingerprint density at radius 2 is 1.95 bits per heavy atom. The number of hydrogen-bond donors (Lipinski definition) is 0. The van der Waals surface area contributed by atoms with E-state index in [0.29, 0.717) is 0 Å². The standard InChI is InChI=1S/C17H15N3S/c1-2-4-13(5-3-1)15-10-18-11-17(19-15)20-8-6-16-14(12-20)7-9-21-16/h1-5,7,9-11H,6,8,12H2. The highest BCUT2D eigenvalue weighted by atomic mass is 32.1. The lowest BCUT2D eigenvalue weighted by molar-refractivity contribution is 0.730. The van der Waals surface area contributed by atoms with E-state index in [0.717, 1.165) is 36.6 Å². The van der Waals surface area contributed by atoms with Gasteiger partial charge in [0.15, 0.2) is 0 Å². The first-order chi connectivity index (χ1) is 10.4. The summed E-state index contributed by atoms with van der Waals surface area (Å²) in [6, 6.07) is 12.4. The molecule has 0 atom stereocenters. The molecule has 4 rings (SSSR count). The van der Waals surface area contributed by atoms with E-state index >= 15 is 0 Å². The molecule has 2 aromatic heterocycles. The number of rotatable bonds is 2. The predicted octanol–water partition coefficient (Wildman–Crippen LogP) is 3.77. The molecule has 21 heavy (non-hydrogen) atoms. The van der Waals surface area contributed by atoms with Crippen LogP contribution in [0.2, 0.25) is 0 Å². The normalized spacial score (nSPS) is 14.0. The van der Waals surface area contributed by atoms with Gasteiger partial charge in [-0.3, -0.25) is 4.98 Å². The van der Waals surface area contributed by atoms with Crippen LogP contribution in [0.4, 0.5) is 5.82 Å². The smallest absolute Gasteiger partial charge is 0.148 e. The van der Waals surface area contributed by atoms with Crippen LogP contribution in [0.3, 0.4) is 0 Å². The molecule has 3 nitrogen and oxygen atoms in total. The third-order valence-corrected chi connectivity index (χ3v) is 4.85. The summed E-state index contributed by atoms with van der Waals surface area (Å²) in [4.78, 5) is 13.0. The highest BCUT2D eigenvalue weighted by molar-refractivity contribution is 7.10. The number of aromatic nitrogens is 2. The Labute approximate surface area is 127 Å². The number of thiophene rings is 1. The van der Waals surface area contributed by atoms with Crippen LogP contribution in [-0.2, 0) is 13.0 Å². The van der Waals surface area contributed by atoms with Crippen molar-refractivity contribution in [1.82, 2.24) is 9.97 Å². The molecule has 0 amide bonds. The number of fused-ring (bicyclic) bond motifs is 1. The first-order valence-electron chi connectivity index (χ1n) is 7.08. The molecule has 3 aromatic rings. The lowest BCUT2D eigenvalue weighted by Crippen LogP contribution is -2.30. The molecule has 1 aromatic carbocycles. The summed E-state index contributed by atoms with van der Waals surface area (Å²) in [5, 5.41) is 2.18. The van der Waals surface area contributed by atoms with Crippen molar-refractivity contribution in [3.8, 4) is 11.3 Å². The van der Waals surface area contributed by atoms with Crippen molar-refractivity contribution in [3.05, 3.63) is 64.6 Å². The van der Waals surface area contributed by atoms with Gasteiger partial charge in [0.1, 0.15) is 5.82 Å². The van der Waals surface area contributed by atoms with Crippen LogP contribution in [0.25, 0.3) is 11.3 Å². The van der Waals surface area contributed by atoms with Gasteiger partial charge >= 0.3 is 0 Å². The van der Waals surface area contributed by atoms with Gasteiger partial charge in [0.2, 0.25) is 0 Å². The third-order valence-electron chi connectivity index (χ3n) is 3.82. The van der Waals surface area contributed by atoms with Crippen molar-refractivity contribution in [2.24, 2.45) is 0 Å². The van der Waals surface area contributed by atoms with Gasteiger partial charge in [-0.05, 0) is 23.4 Å². The summed E-state index contributed by atoms with van der Waals surface area (Å²) < 4.78 is 0. The number of hydrogen-bond acceptors (Lipinski definition) is 4. The SMILES string of the molecule is c1ccc(-c2cncc(N3CCc4sccc4C3)n2)cc1. The van der Waals surface area contributed by atoms with Crippen LogP contribution in [-0.4, -0.2) is 16.5 Å². The molecule has 1 aliphatic rings. The fourth-order valence-electron chi connectivity index (χ4n) is 2.70. The second-order valence-electron chi connectivity index (χ2n) is 5.17. The van der Waals surface area contributed by atoms with E-state index in [2.05, 4.69) is 33.5 Å². The van der Waals surface area contributed by atoms with Crippen LogP contribution < -0.4 is 4.90 Å². The fraction of sp³-hybridized carbons (Fsp3) is 0.176. The Hall–Kier alpha value is -2.20. The van der Waals surface area contributed by atoms with E-state index in [4.69, 9.17) is 4.98 Å². The maximum Gasteiger partial charge on any atom is 0.148 e. The van der Waals surface area contributed by atoms with Gasteiger partial charge in [-0.15, -0.1) is 11.3 Å². The summed E-state index contributed by atoms with van der Waals surface area (Å²) in [5.41, 5.74) is 3.47. The quantitative estimate of drug-likeness (QED) is 0.720. The van der Waals surface area contributed by atoms with Crippen LogP contribution >= 0.6 is 11.3 Å². The molecule has 0 radical (unpaired) electrons. The molecule has 1 aliphatic heterocycles. The van der Waals surface area contributed by atoms with E-state index in [9.17, 15) is 0 Å². The minimum absolute atomic E-state index is 0.934. The van der Waals surface area contributed by atoms with Gasteiger partial charge in [0, 0.05) is 23.5 Å². The Morgan fingerprint density at radius 3 is 2.86 bits per heavy atom. The molecule has 0 saturated heterocycles. The highest BCUT2D eigenvalue weighted by Gasteiger charge is 2.18. The van der Waals surface area contributed by atoms with Crippen molar-refractivity contribution in [2.45, 2.75) is 13.0 Å². The van der Waals surface area contributed by atoms with Crippen LogP contribution in [0.1, 0.15) is 10.4 Å². The molecular formula is C17H15N3S. The largest absolute Gasteiger partial charge is 0.351 e. The molecule has 0 aliphatic carbocycles. The first-order valence-corrected chi connectivity index (χ1v) is 7.96. The van der Waals surface area contributed by atoms with E-state index in [-0.39, 0.29) is 0 Å². The zero-order chi connectivity index (χ0) is 14.1. The molecule has 0 fully saturated rings. The lowest BCUT2D eigenvalue weighted by Gasteiger charge is -2.27. The maximum absolute atomic E-state index is 4.79. The van der Waals surface area contributed by atoms with Gasteiger partial charge in [-0.2, -0.15) is 0 Å². The van der Waals surface area contributed by atoms with Gasteiger partial charge in [-0.25, -0.2) is 4.98 Å². The number of anilines is 1. The average Bonchev–Trinajstić information content (AvgIpc) is 3.03. The van der Waals surface area contributed by atoms with Crippen molar-refractivity contribution < 1.29 is 0 Å². The van der Waals surface area contributed by atoms with E-state index in [1.165, 1.54) is 10.4 Å². The predicted molar refractivity (Wildman–Crippen MR) is 86.5 cm³/mol. The van der Waals surface area contributed by atoms with Crippen LogP contribution in [0.5, 0.6) is 0 Å². The zero-order valence-corrected chi connectivity index (χ0v) is 12.4. The minimum atomic E-state index is 0.934. The summed E-state index contributed by atoms with van der Waals surface area (Å²) in [5.74, 6) is 0.966. The Morgan fingerprint density at radius 1 is 1.05 bits per heavy atom. The maximum atomic E-state index is 4.79. The average molecular weight is 293 g/mol. The van der Waals surface area contributed by atoms with Crippen molar-refractivity contribution >= 4 is 17.2 Å². The monoisotopic (exact) mass is 293 g/mol. The Kier molecular flexibility index (Phi) is 3.16. The van der Waals surface area contributed by atoms with Gasteiger partial charge in [0.05, 0.1) is 18.1 Å². The topological polar surface area (TPSA) is 29.0 Å². The third kappa shape index (κ3) is 2.43. The molecule has 0 unspecified atom stereocenters. The molecule has 0 saturated carbocycles. The highest BCUT2D eigenvalue weighted by Crippen LogP contribution is 2.27. The molecule has 0 N–H and O–H groups in total. The molecule has 0 spiro atoms. The summed E-state index contributed by atoms with van der Waals surface area (Å²) >= 11 is 1.86. The van der Waals surface area contributed by atoms with Gasteiger partial charge in [0.25, 0.3) is 0 Å².